The van der Waals surface area contributed by atoms with Crippen molar-refractivity contribution < 1.29 is 24.1 Å². The first-order valence-electron chi connectivity index (χ1n) is 9.45. The number of benzene rings is 2. The summed E-state index contributed by atoms with van der Waals surface area (Å²) in [5.74, 6) is 2.17. The molecule has 1 unspecified atom stereocenters. The third-order valence-corrected chi connectivity index (χ3v) is 4.36. The number of rotatable bonds is 13. The molecule has 6 nitrogen and oxygen atoms in total. The molecular formula is C22H31NO5. The quantitative estimate of drug-likeness (QED) is 0.532. The van der Waals surface area contributed by atoms with E-state index in [0.29, 0.717) is 25.4 Å². The molecule has 0 aliphatic heterocycles. The minimum atomic E-state index is -0.612. The van der Waals surface area contributed by atoms with Crippen LogP contribution in [0, 0.1) is 0 Å². The van der Waals surface area contributed by atoms with Gasteiger partial charge in [0.15, 0.2) is 11.5 Å². The summed E-state index contributed by atoms with van der Waals surface area (Å²) < 4.78 is 21.8. The van der Waals surface area contributed by atoms with Gasteiger partial charge in [0, 0.05) is 38.9 Å². The second kappa shape index (κ2) is 12.2. The van der Waals surface area contributed by atoms with Crippen LogP contribution in [0.5, 0.6) is 17.2 Å². The lowest BCUT2D eigenvalue weighted by molar-refractivity contribution is 0.0614. The molecule has 2 rings (SSSR count). The molecule has 0 radical (unpaired) electrons. The lowest BCUT2D eigenvalue weighted by Crippen LogP contribution is -2.36. The normalized spacial score (nSPS) is 12.0. The molecule has 6 heteroatoms. The van der Waals surface area contributed by atoms with Gasteiger partial charge in [-0.05, 0) is 24.6 Å². The van der Waals surface area contributed by atoms with Crippen LogP contribution in [0.4, 0.5) is 0 Å². The molecule has 2 aromatic carbocycles. The highest BCUT2D eigenvalue weighted by Crippen LogP contribution is 2.31. The zero-order valence-corrected chi connectivity index (χ0v) is 17.0. The van der Waals surface area contributed by atoms with Gasteiger partial charge in [-0.15, -0.1) is 0 Å². The van der Waals surface area contributed by atoms with Crippen molar-refractivity contribution in [1.29, 1.82) is 0 Å². The van der Waals surface area contributed by atoms with E-state index in [4.69, 9.17) is 18.9 Å². The fraction of sp³-hybridized carbons (Fsp3) is 0.455. The molecule has 0 saturated carbocycles. The van der Waals surface area contributed by atoms with Crippen molar-refractivity contribution in [3.63, 3.8) is 0 Å². The van der Waals surface area contributed by atoms with E-state index in [9.17, 15) is 5.11 Å². The van der Waals surface area contributed by atoms with Crippen LogP contribution < -0.4 is 14.2 Å². The Balaban J connectivity index is 2.00. The van der Waals surface area contributed by atoms with Crippen molar-refractivity contribution in [2.75, 3.05) is 47.6 Å². The number of hydrogen-bond acceptors (Lipinski definition) is 6. The summed E-state index contributed by atoms with van der Waals surface area (Å²) in [5.41, 5.74) is 1.01. The zero-order valence-electron chi connectivity index (χ0n) is 17.0. The highest BCUT2D eigenvalue weighted by Gasteiger charge is 2.17. The van der Waals surface area contributed by atoms with Gasteiger partial charge in [-0.2, -0.15) is 0 Å². The summed E-state index contributed by atoms with van der Waals surface area (Å²) >= 11 is 0. The van der Waals surface area contributed by atoms with Crippen LogP contribution in [0.15, 0.2) is 48.5 Å². The van der Waals surface area contributed by atoms with Crippen LogP contribution >= 0.6 is 0 Å². The number of aliphatic hydroxyl groups is 1. The van der Waals surface area contributed by atoms with Crippen LogP contribution in [0.1, 0.15) is 12.0 Å². The van der Waals surface area contributed by atoms with E-state index in [2.05, 4.69) is 4.90 Å². The molecule has 1 atom stereocenters. The van der Waals surface area contributed by atoms with Crippen LogP contribution in [-0.2, 0) is 11.3 Å². The molecule has 0 fully saturated rings. The standard InChI is InChI=1S/C22H31NO5/c1-25-14-8-13-23(15-18-9-7-12-21(26-2)22(18)27-3)16-19(24)17-28-20-10-5-4-6-11-20/h4-7,9-12,19,24H,8,13-17H2,1-3H3. The van der Waals surface area contributed by atoms with Gasteiger partial charge in [0.1, 0.15) is 18.5 Å². The summed E-state index contributed by atoms with van der Waals surface area (Å²) in [6.07, 6.45) is 0.258. The molecule has 0 heterocycles. The summed E-state index contributed by atoms with van der Waals surface area (Å²) in [6, 6.07) is 15.3. The van der Waals surface area contributed by atoms with Gasteiger partial charge in [0.2, 0.25) is 0 Å². The molecule has 0 aromatic heterocycles. The van der Waals surface area contributed by atoms with E-state index < -0.39 is 6.10 Å². The molecule has 0 aliphatic carbocycles. The molecular weight excluding hydrogens is 358 g/mol. The topological polar surface area (TPSA) is 60.4 Å². The first-order valence-corrected chi connectivity index (χ1v) is 9.45. The number of aliphatic hydroxyl groups excluding tert-OH is 1. The fourth-order valence-corrected chi connectivity index (χ4v) is 3.05. The van der Waals surface area contributed by atoms with E-state index in [1.54, 1.807) is 21.3 Å². The summed E-state index contributed by atoms with van der Waals surface area (Å²) in [5, 5.41) is 10.5. The molecule has 1 N–H and O–H groups in total. The van der Waals surface area contributed by atoms with Gasteiger partial charge >= 0.3 is 0 Å². The van der Waals surface area contributed by atoms with Crippen molar-refractivity contribution in [2.45, 2.75) is 19.1 Å². The van der Waals surface area contributed by atoms with Gasteiger partial charge in [-0.25, -0.2) is 0 Å². The SMILES string of the molecule is COCCCN(Cc1cccc(OC)c1OC)CC(O)COc1ccccc1. The maximum atomic E-state index is 10.5. The fourth-order valence-electron chi connectivity index (χ4n) is 3.05. The minimum Gasteiger partial charge on any atom is -0.493 e. The van der Waals surface area contributed by atoms with Gasteiger partial charge in [-0.1, -0.05) is 30.3 Å². The van der Waals surface area contributed by atoms with Crippen LogP contribution in [0.3, 0.4) is 0 Å². The van der Waals surface area contributed by atoms with Crippen molar-refractivity contribution in [3.05, 3.63) is 54.1 Å². The van der Waals surface area contributed by atoms with Crippen LogP contribution in [-0.4, -0.2) is 63.7 Å². The molecule has 2 aromatic rings. The Bertz CT molecular complexity index is 680. The van der Waals surface area contributed by atoms with Crippen molar-refractivity contribution >= 4 is 0 Å². The first-order chi connectivity index (χ1) is 13.7. The Hall–Kier alpha value is -2.28. The Morgan fingerprint density at radius 3 is 2.43 bits per heavy atom. The number of methoxy groups -OCH3 is 3. The van der Waals surface area contributed by atoms with Crippen LogP contribution in [0.2, 0.25) is 0 Å². The Kier molecular flexibility index (Phi) is 9.62. The van der Waals surface area contributed by atoms with E-state index >= 15 is 0 Å². The highest BCUT2D eigenvalue weighted by molar-refractivity contribution is 5.46. The molecule has 154 valence electrons. The maximum Gasteiger partial charge on any atom is 0.165 e. The van der Waals surface area contributed by atoms with Crippen molar-refractivity contribution in [1.82, 2.24) is 4.90 Å². The Morgan fingerprint density at radius 2 is 1.75 bits per heavy atom. The van der Waals surface area contributed by atoms with Gasteiger partial charge in [-0.3, -0.25) is 4.90 Å². The lowest BCUT2D eigenvalue weighted by Gasteiger charge is -2.26. The van der Waals surface area contributed by atoms with Crippen molar-refractivity contribution in [3.8, 4) is 17.2 Å². The smallest absolute Gasteiger partial charge is 0.165 e. The molecule has 0 spiro atoms. The van der Waals surface area contributed by atoms with Crippen LogP contribution in [0.25, 0.3) is 0 Å². The first kappa shape index (κ1) is 22.0. The monoisotopic (exact) mass is 389 g/mol. The van der Waals surface area contributed by atoms with E-state index in [-0.39, 0.29) is 6.61 Å². The zero-order chi connectivity index (χ0) is 20.2. The predicted octanol–water partition coefficient (Wildman–Crippen LogP) is 2.98. The molecule has 0 amide bonds. The van der Waals surface area contributed by atoms with Gasteiger partial charge < -0.3 is 24.1 Å². The number of nitrogens with zero attached hydrogens (tertiary/aromatic N) is 1. The summed E-state index contributed by atoms with van der Waals surface area (Å²) in [4.78, 5) is 2.18. The Labute approximate surface area is 167 Å². The lowest BCUT2D eigenvalue weighted by atomic mass is 10.1. The third-order valence-electron chi connectivity index (χ3n) is 4.36. The van der Waals surface area contributed by atoms with E-state index in [0.717, 1.165) is 30.0 Å². The maximum absolute atomic E-state index is 10.5. The number of hydrogen-bond donors (Lipinski definition) is 1. The average Bonchev–Trinajstić information content (AvgIpc) is 2.72. The molecule has 0 bridgehead atoms. The molecule has 0 aliphatic rings. The highest BCUT2D eigenvalue weighted by atomic mass is 16.5. The predicted molar refractivity (Wildman–Crippen MR) is 109 cm³/mol. The van der Waals surface area contributed by atoms with Gasteiger partial charge in [0.05, 0.1) is 14.2 Å². The number of para-hydroxylation sites is 2. The summed E-state index contributed by atoms with van der Waals surface area (Å²) in [7, 11) is 4.96. The second-order valence-electron chi connectivity index (χ2n) is 6.51. The average molecular weight is 389 g/mol. The molecule has 28 heavy (non-hydrogen) atoms. The minimum absolute atomic E-state index is 0.236. The third kappa shape index (κ3) is 7.03. The van der Waals surface area contributed by atoms with E-state index in [1.165, 1.54) is 0 Å². The Morgan fingerprint density at radius 1 is 0.964 bits per heavy atom. The largest absolute Gasteiger partial charge is 0.493 e. The number of ether oxygens (including phenoxy) is 4. The summed E-state index contributed by atoms with van der Waals surface area (Å²) in [6.45, 7) is 2.81. The van der Waals surface area contributed by atoms with Crippen molar-refractivity contribution in [2.24, 2.45) is 0 Å². The van der Waals surface area contributed by atoms with Gasteiger partial charge in [0.25, 0.3) is 0 Å². The van der Waals surface area contributed by atoms with E-state index in [1.807, 2.05) is 48.5 Å². The second-order valence-corrected chi connectivity index (χ2v) is 6.51. The molecule has 0 saturated heterocycles.